The summed E-state index contributed by atoms with van der Waals surface area (Å²) in [5.41, 5.74) is -4.83. The van der Waals surface area contributed by atoms with E-state index in [1.54, 1.807) is 0 Å². The minimum absolute atomic E-state index is 0.0140. The number of nitrogens with one attached hydrogen (secondary N) is 1. The highest BCUT2D eigenvalue weighted by Gasteiger charge is 2.54. The van der Waals surface area contributed by atoms with Gasteiger partial charge in [-0.1, -0.05) is 29.8 Å². The van der Waals surface area contributed by atoms with Gasteiger partial charge in [-0.3, -0.25) is 14.6 Å². The molecule has 3 aromatic rings. The number of alkyl halides is 2. The number of amides is 2. The lowest BCUT2D eigenvalue weighted by atomic mass is 9.85. The van der Waals surface area contributed by atoms with Gasteiger partial charge in [-0.2, -0.15) is 0 Å². The second-order valence-corrected chi connectivity index (χ2v) is 10.4. The number of anilines is 1. The number of carbonyl (C=O) groups excluding carboxylic acids is 2. The van der Waals surface area contributed by atoms with E-state index in [1.165, 1.54) is 18.2 Å². The second kappa shape index (κ2) is 10.8. The van der Waals surface area contributed by atoms with Gasteiger partial charge in [0.25, 0.3) is 18.2 Å². The number of aromatic nitrogens is 1. The van der Waals surface area contributed by atoms with Crippen molar-refractivity contribution in [2.75, 3.05) is 11.4 Å². The highest BCUT2D eigenvalue weighted by molar-refractivity contribution is 6.30. The van der Waals surface area contributed by atoms with E-state index in [-0.39, 0.29) is 34.8 Å². The van der Waals surface area contributed by atoms with Crippen molar-refractivity contribution in [1.82, 2.24) is 10.3 Å². The molecule has 5 rings (SSSR count). The summed E-state index contributed by atoms with van der Waals surface area (Å²) >= 11 is 5.84. The van der Waals surface area contributed by atoms with E-state index < -0.39 is 58.1 Å². The number of nitrogens with zero attached hydrogens (tertiary/aromatic N) is 2. The van der Waals surface area contributed by atoms with Crippen molar-refractivity contribution < 1.29 is 36.6 Å². The lowest BCUT2D eigenvalue weighted by Gasteiger charge is -2.32. The zero-order valence-corrected chi connectivity index (χ0v) is 21.6. The van der Waals surface area contributed by atoms with Crippen LogP contribution in [0.15, 0.2) is 48.7 Å². The summed E-state index contributed by atoms with van der Waals surface area (Å²) in [6.45, 7) is -0.0140. The smallest absolute Gasteiger partial charge is 0.281 e. The van der Waals surface area contributed by atoms with Gasteiger partial charge in [0.05, 0.1) is 21.8 Å². The fourth-order valence-electron chi connectivity index (χ4n) is 5.54. The summed E-state index contributed by atoms with van der Waals surface area (Å²) in [7, 11) is 0. The Kier molecular flexibility index (Phi) is 7.54. The number of hydrogen-bond donors (Lipinski definition) is 2. The van der Waals surface area contributed by atoms with Crippen LogP contribution in [0.2, 0.25) is 5.02 Å². The molecule has 2 heterocycles. The van der Waals surface area contributed by atoms with Crippen molar-refractivity contribution in [3.8, 4) is 0 Å². The normalized spacial score (nSPS) is 22.5. The van der Waals surface area contributed by atoms with Crippen molar-refractivity contribution in [2.24, 2.45) is 5.92 Å². The molecule has 2 N–H and O–H groups in total. The number of pyridine rings is 1. The van der Waals surface area contributed by atoms with Crippen LogP contribution in [0.1, 0.15) is 59.3 Å². The van der Waals surface area contributed by atoms with Gasteiger partial charge in [0.15, 0.2) is 0 Å². The van der Waals surface area contributed by atoms with Crippen molar-refractivity contribution in [3.05, 3.63) is 93.5 Å². The molecule has 1 aromatic heterocycles. The van der Waals surface area contributed by atoms with E-state index in [2.05, 4.69) is 10.3 Å². The Morgan fingerprint density at radius 1 is 1.10 bits per heavy atom. The minimum atomic E-state index is -2.97. The van der Waals surface area contributed by atoms with Crippen LogP contribution in [0.4, 0.5) is 27.6 Å². The molecule has 1 unspecified atom stereocenters. The van der Waals surface area contributed by atoms with Gasteiger partial charge in [0.2, 0.25) is 5.60 Å². The quantitative estimate of drug-likeness (QED) is 0.369. The van der Waals surface area contributed by atoms with Crippen LogP contribution in [0.5, 0.6) is 0 Å². The van der Waals surface area contributed by atoms with Crippen molar-refractivity contribution in [1.29, 1.82) is 0 Å². The fourth-order valence-corrected chi connectivity index (χ4v) is 5.70. The molecule has 0 spiro atoms. The molecule has 1 saturated carbocycles. The van der Waals surface area contributed by atoms with Gasteiger partial charge in [0.1, 0.15) is 23.1 Å². The van der Waals surface area contributed by atoms with Gasteiger partial charge in [-0.15, -0.1) is 0 Å². The Morgan fingerprint density at radius 3 is 2.48 bits per heavy atom. The molecule has 1 aliphatic carbocycles. The standard InChI is InChI=1S/C28H23ClF5N3O3/c29-15-9-18(24(25(33)34)35-12-15)26(38)36-17-7-5-14(6-8-17)13-37-22-11-16(30)10-21(32)23(22)28(40,27(37)39)19-3-1-2-4-20(19)31/h1-4,9-12,14,17,25,40H,5-8,13H2,(H,36,38)/t14-,17-,28?. The zero-order chi connectivity index (χ0) is 28.8. The summed E-state index contributed by atoms with van der Waals surface area (Å²) < 4.78 is 70.5. The number of rotatable bonds is 6. The largest absolute Gasteiger partial charge is 0.371 e. The number of hydrogen-bond acceptors (Lipinski definition) is 4. The Bertz CT molecular complexity index is 1480. The topological polar surface area (TPSA) is 82.5 Å². The lowest BCUT2D eigenvalue weighted by Crippen LogP contribution is -2.45. The first-order valence-electron chi connectivity index (χ1n) is 12.5. The summed E-state index contributed by atoms with van der Waals surface area (Å²) in [4.78, 5) is 30.9. The van der Waals surface area contributed by atoms with Gasteiger partial charge < -0.3 is 15.3 Å². The maximum absolute atomic E-state index is 15.0. The molecule has 2 aromatic carbocycles. The molecule has 0 bridgehead atoms. The molecule has 40 heavy (non-hydrogen) atoms. The summed E-state index contributed by atoms with van der Waals surface area (Å²) in [5.74, 6) is -4.99. The Hall–Kier alpha value is -3.57. The second-order valence-electron chi connectivity index (χ2n) is 9.97. The number of benzene rings is 2. The van der Waals surface area contributed by atoms with Gasteiger partial charge in [-0.05, 0) is 49.8 Å². The van der Waals surface area contributed by atoms with Gasteiger partial charge in [-0.25, -0.2) is 22.0 Å². The van der Waals surface area contributed by atoms with E-state index in [0.29, 0.717) is 31.7 Å². The van der Waals surface area contributed by atoms with E-state index in [9.17, 15) is 32.3 Å². The molecule has 0 saturated heterocycles. The summed E-state index contributed by atoms with van der Waals surface area (Å²) in [5, 5.41) is 14.2. The summed E-state index contributed by atoms with van der Waals surface area (Å²) in [6, 6.07) is 7.19. The molecule has 12 heteroatoms. The molecule has 6 nitrogen and oxygen atoms in total. The Labute approximate surface area is 230 Å². The molecule has 1 aliphatic heterocycles. The monoisotopic (exact) mass is 579 g/mol. The third-order valence-electron chi connectivity index (χ3n) is 7.46. The average Bonchev–Trinajstić information content (AvgIpc) is 3.12. The Morgan fingerprint density at radius 2 is 1.80 bits per heavy atom. The molecule has 2 amide bonds. The highest BCUT2D eigenvalue weighted by Crippen LogP contribution is 2.47. The molecule has 2 aliphatic rings. The highest BCUT2D eigenvalue weighted by atomic mass is 35.5. The first kappa shape index (κ1) is 28.0. The number of carbonyl (C=O) groups is 2. The third-order valence-corrected chi connectivity index (χ3v) is 7.67. The van der Waals surface area contributed by atoms with E-state index in [1.807, 2.05) is 0 Å². The fraction of sp³-hybridized carbons (Fsp3) is 0.321. The molecule has 1 atom stereocenters. The number of halogens is 6. The summed E-state index contributed by atoms with van der Waals surface area (Å²) in [6.07, 6.45) is -0.137. The van der Waals surface area contributed by atoms with Crippen LogP contribution in [-0.2, 0) is 10.4 Å². The first-order valence-corrected chi connectivity index (χ1v) is 12.9. The average molecular weight is 580 g/mol. The van der Waals surface area contributed by atoms with Crippen LogP contribution >= 0.6 is 11.6 Å². The predicted octanol–water partition coefficient (Wildman–Crippen LogP) is 5.66. The number of aliphatic hydroxyl groups is 1. The van der Waals surface area contributed by atoms with Crippen LogP contribution < -0.4 is 10.2 Å². The molecule has 1 fully saturated rings. The minimum Gasteiger partial charge on any atom is -0.371 e. The maximum atomic E-state index is 15.0. The van der Waals surface area contributed by atoms with E-state index >= 15 is 4.39 Å². The Balaban J connectivity index is 1.32. The predicted molar refractivity (Wildman–Crippen MR) is 136 cm³/mol. The zero-order valence-electron chi connectivity index (χ0n) is 20.8. The third kappa shape index (κ3) is 4.92. The maximum Gasteiger partial charge on any atom is 0.281 e. The van der Waals surface area contributed by atoms with Crippen LogP contribution in [0.25, 0.3) is 0 Å². The lowest BCUT2D eigenvalue weighted by molar-refractivity contribution is -0.132. The van der Waals surface area contributed by atoms with Crippen molar-refractivity contribution in [3.63, 3.8) is 0 Å². The molecular formula is C28H23ClF5N3O3. The van der Waals surface area contributed by atoms with E-state index in [0.717, 1.165) is 29.3 Å². The van der Waals surface area contributed by atoms with Crippen LogP contribution in [0.3, 0.4) is 0 Å². The first-order chi connectivity index (χ1) is 19.0. The molecule has 210 valence electrons. The van der Waals surface area contributed by atoms with Crippen molar-refractivity contribution >= 4 is 29.1 Å². The van der Waals surface area contributed by atoms with Gasteiger partial charge in [0, 0.05) is 30.4 Å². The SMILES string of the molecule is O=C(N[C@H]1CC[C@H](CN2C(=O)C(O)(c3ccccc3F)c3c(F)cc(F)cc32)CC1)c1cc(Cl)cnc1C(F)F. The molecule has 0 radical (unpaired) electrons. The van der Waals surface area contributed by atoms with E-state index in [4.69, 9.17) is 11.6 Å². The molecular weight excluding hydrogens is 557 g/mol. The number of fused-ring (bicyclic) bond motifs is 1. The van der Waals surface area contributed by atoms with Crippen LogP contribution in [-0.4, -0.2) is 34.5 Å². The van der Waals surface area contributed by atoms with Crippen LogP contribution in [0, 0.1) is 23.4 Å². The van der Waals surface area contributed by atoms with Gasteiger partial charge >= 0.3 is 0 Å². The van der Waals surface area contributed by atoms with Crippen molar-refractivity contribution in [2.45, 2.75) is 43.8 Å².